The first-order valence-corrected chi connectivity index (χ1v) is 5.92. The van der Waals surface area contributed by atoms with Crippen molar-refractivity contribution in [3.63, 3.8) is 0 Å². The van der Waals surface area contributed by atoms with Crippen LogP contribution in [0.5, 0.6) is 11.5 Å². The summed E-state index contributed by atoms with van der Waals surface area (Å²) in [4.78, 5) is 0. The number of aromatic hydroxyl groups is 1. The van der Waals surface area contributed by atoms with Gasteiger partial charge in [-0.3, -0.25) is 4.40 Å². The number of fused-ring (bicyclic) bond motifs is 1. The number of para-hydroxylation sites is 1. The number of methoxy groups -OCH3 is 1. The average molecular weight is 255 g/mol. The fourth-order valence-electron chi connectivity index (χ4n) is 1.99. The Morgan fingerprint density at radius 1 is 1.16 bits per heavy atom. The van der Waals surface area contributed by atoms with Gasteiger partial charge in [-0.2, -0.15) is 0 Å². The number of phenolic OH excluding ortho intramolecular Hbond substituents is 1. The van der Waals surface area contributed by atoms with Gasteiger partial charge in [-0.25, -0.2) is 0 Å². The summed E-state index contributed by atoms with van der Waals surface area (Å²) in [5.74, 6) is 1.77. The number of nitrogens with zero attached hydrogens (tertiary/aromatic N) is 3. The summed E-state index contributed by atoms with van der Waals surface area (Å²) in [6.07, 6.45) is 2.35. The number of rotatable bonds is 3. The van der Waals surface area contributed by atoms with Gasteiger partial charge < -0.3 is 9.84 Å². The van der Waals surface area contributed by atoms with Gasteiger partial charge in [0.15, 0.2) is 5.65 Å². The second kappa shape index (κ2) is 4.61. The molecule has 0 saturated carbocycles. The van der Waals surface area contributed by atoms with Crippen LogP contribution >= 0.6 is 0 Å². The summed E-state index contributed by atoms with van der Waals surface area (Å²) < 4.78 is 7.06. The SMILES string of the molecule is COc1ccc2nnc(Cc3ccccc3O)n2c1. The van der Waals surface area contributed by atoms with E-state index in [0.29, 0.717) is 6.42 Å². The molecule has 0 bridgehead atoms. The Balaban J connectivity index is 2.03. The largest absolute Gasteiger partial charge is 0.508 e. The molecular weight excluding hydrogens is 242 g/mol. The number of hydrogen-bond donors (Lipinski definition) is 1. The molecular formula is C14H13N3O2. The van der Waals surface area contributed by atoms with Gasteiger partial charge >= 0.3 is 0 Å². The van der Waals surface area contributed by atoms with Crippen LogP contribution in [0.1, 0.15) is 11.4 Å². The Bertz CT molecular complexity index is 722. The minimum Gasteiger partial charge on any atom is -0.508 e. The average Bonchev–Trinajstić information content (AvgIpc) is 2.84. The Hall–Kier alpha value is -2.56. The molecule has 1 N–H and O–H groups in total. The molecule has 0 aliphatic heterocycles. The standard InChI is InChI=1S/C14H13N3O2/c1-19-11-6-7-13-15-16-14(17(13)9-11)8-10-4-2-3-5-12(10)18/h2-7,9,18H,8H2,1H3. The summed E-state index contributed by atoms with van der Waals surface area (Å²) in [6.45, 7) is 0. The van der Waals surface area contributed by atoms with Crippen LogP contribution in [-0.2, 0) is 6.42 Å². The van der Waals surface area contributed by atoms with Gasteiger partial charge in [0.1, 0.15) is 17.3 Å². The van der Waals surface area contributed by atoms with Crippen LogP contribution in [0.2, 0.25) is 0 Å². The summed E-state index contributed by atoms with van der Waals surface area (Å²) in [6, 6.07) is 10.9. The summed E-state index contributed by atoms with van der Waals surface area (Å²) >= 11 is 0. The highest BCUT2D eigenvalue weighted by molar-refractivity contribution is 5.43. The normalized spacial score (nSPS) is 10.8. The summed E-state index contributed by atoms with van der Waals surface area (Å²) in [5, 5.41) is 18.0. The molecule has 19 heavy (non-hydrogen) atoms. The van der Waals surface area contributed by atoms with Crippen LogP contribution in [0.4, 0.5) is 0 Å². The monoisotopic (exact) mass is 255 g/mol. The lowest BCUT2D eigenvalue weighted by Gasteiger charge is -2.04. The van der Waals surface area contributed by atoms with Crippen LogP contribution < -0.4 is 4.74 Å². The van der Waals surface area contributed by atoms with Crippen molar-refractivity contribution in [2.24, 2.45) is 0 Å². The first-order valence-electron chi connectivity index (χ1n) is 5.92. The topological polar surface area (TPSA) is 59.7 Å². The number of aromatic nitrogens is 3. The van der Waals surface area contributed by atoms with Gasteiger partial charge in [0.2, 0.25) is 0 Å². The lowest BCUT2D eigenvalue weighted by Crippen LogP contribution is -1.97. The van der Waals surface area contributed by atoms with Crippen LogP contribution in [0.25, 0.3) is 5.65 Å². The molecule has 3 aromatic rings. The quantitative estimate of drug-likeness (QED) is 0.778. The van der Waals surface area contributed by atoms with Crippen LogP contribution in [0, 0.1) is 0 Å². The van der Waals surface area contributed by atoms with Gasteiger partial charge in [-0.1, -0.05) is 18.2 Å². The summed E-state index contributed by atoms with van der Waals surface area (Å²) in [5.41, 5.74) is 1.57. The van der Waals surface area contributed by atoms with E-state index in [1.54, 1.807) is 19.2 Å². The smallest absolute Gasteiger partial charge is 0.161 e. The minimum atomic E-state index is 0.266. The Morgan fingerprint density at radius 3 is 2.79 bits per heavy atom. The minimum absolute atomic E-state index is 0.266. The van der Waals surface area contributed by atoms with Crippen LogP contribution in [0.15, 0.2) is 42.6 Å². The molecule has 0 aliphatic carbocycles. The Morgan fingerprint density at radius 2 is 2.00 bits per heavy atom. The first kappa shape index (κ1) is 11.5. The van der Waals surface area contributed by atoms with Gasteiger partial charge in [-0.05, 0) is 18.2 Å². The van der Waals surface area contributed by atoms with E-state index in [2.05, 4.69) is 10.2 Å². The molecule has 0 unspecified atom stereocenters. The Labute approximate surface area is 110 Å². The van der Waals surface area contributed by atoms with Crippen molar-refractivity contribution in [2.75, 3.05) is 7.11 Å². The van der Waals surface area contributed by atoms with Crippen LogP contribution in [-0.4, -0.2) is 26.8 Å². The second-order valence-corrected chi connectivity index (χ2v) is 4.22. The Kier molecular flexibility index (Phi) is 2.79. The van der Waals surface area contributed by atoms with Crippen molar-refractivity contribution < 1.29 is 9.84 Å². The molecule has 0 amide bonds. The second-order valence-electron chi connectivity index (χ2n) is 4.22. The lowest BCUT2D eigenvalue weighted by molar-refractivity contribution is 0.412. The maximum Gasteiger partial charge on any atom is 0.161 e. The summed E-state index contributed by atoms with van der Waals surface area (Å²) in [7, 11) is 1.62. The van der Waals surface area contributed by atoms with E-state index in [0.717, 1.165) is 22.8 Å². The van der Waals surface area contributed by atoms with E-state index in [9.17, 15) is 5.11 Å². The van der Waals surface area contributed by atoms with E-state index < -0.39 is 0 Å². The molecule has 3 rings (SSSR count). The number of pyridine rings is 1. The zero-order valence-electron chi connectivity index (χ0n) is 10.4. The third-order valence-electron chi connectivity index (χ3n) is 3.02. The van der Waals surface area contributed by atoms with E-state index in [1.165, 1.54) is 0 Å². The third-order valence-corrected chi connectivity index (χ3v) is 3.02. The molecule has 5 nitrogen and oxygen atoms in total. The number of phenols is 1. The molecule has 0 aliphatic rings. The van der Waals surface area contributed by atoms with Crippen molar-refractivity contribution in [3.8, 4) is 11.5 Å². The van der Waals surface area contributed by atoms with Crippen molar-refractivity contribution in [3.05, 3.63) is 54.0 Å². The first-order chi connectivity index (χ1) is 9.28. The van der Waals surface area contributed by atoms with E-state index >= 15 is 0 Å². The highest BCUT2D eigenvalue weighted by atomic mass is 16.5. The molecule has 0 spiro atoms. The van der Waals surface area contributed by atoms with Crippen molar-refractivity contribution >= 4 is 5.65 Å². The van der Waals surface area contributed by atoms with Gasteiger partial charge in [0, 0.05) is 12.0 Å². The number of ether oxygens (including phenoxy) is 1. The van der Waals surface area contributed by atoms with Gasteiger partial charge in [-0.15, -0.1) is 10.2 Å². The molecule has 1 aromatic carbocycles. The van der Waals surface area contributed by atoms with E-state index in [4.69, 9.17) is 4.74 Å². The lowest BCUT2D eigenvalue weighted by atomic mass is 10.1. The molecule has 0 fully saturated rings. The predicted molar refractivity (Wildman–Crippen MR) is 70.5 cm³/mol. The van der Waals surface area contributed by atoms with Crippen molar-refractivity contribution in [1.82, 2.24) is 14.6 Å². The van der Waals surface area contributed by atoms with Gasteiger partial charge in [0.25, 0.3) is 0 Å². The number of benzene rings is 1. The zero-order valence-corrected chi connectivity index (χ0v) is 10.4. The number of hydrogen-bond acceptors (Lipinski definition) is 4. The molecule has 5 heteroatoms. The van der Waals surface area contributed by atoms with Crippen LogP contribution in [0.3, 0.4) is 0 Å². The fourth-order valence-corrected chi connectivity index (χ4v) is 1.99. The molecule has 2 heterocycles. The molecule has 0 atom stereocenters. The third kappa shape index (κ3) is 2.10. The molecule has 0 saturated heterocycles. The van der Waals surface area contributed by atoms with E-state index in [-0.39, 0.29) is 5.75 Å². The highest BCUT2D eigenvalue weighted by Gasteiger charge is 2.09. The van der Waals surface area contributed by atoms with Crippen molar-refractivity contribution in [1.29, 1.82) is 0 Å². The molecule has 2 aromatic heterocycles. The van der Waals surface area contributed by atoms with E-state index in [1.807, 2.05) is 34.9 Å². The highest BCUT2D eigenvalue weighted by Crippen LogP contribution is 2.20. The predicted octanol–water partition coefficient (Wildman–Crippen LogP) is 2.03. The van der Waals surface area contributed by atoms with Gasteiger partial charge in [0.05, 0.1) is 13.3 Å². The van der Waals surface area contributed by atoms with Crippen molar-refractivity contribution in [2.45, 2.75) is 6.42 Å². The molecule has 0 radical (unpaired) electrons. The maximum absolute atomic E-state index is 9.80. The zero-order chi connectivity index (χ0) is 13.2. The fraction of sp³-hybridized carbons (Fsp3) is 0.143. The molecule has 96 valence electrons. The maximum atomic E-state index is 9.80.